The Morgan fingerprint density at radius 3 is 2.58 bits per heavy atom. The van der Waals surface area contributed by atoms with Crippen LogP contribution in [0, 0.1) is 11.6 Å². The highest BCUT2D eigenvalue weighted by Crippen LogP contribution is 2.11. The molecule has 1 heterocycles. The van der Waals surface area contributed by atoms with Crippen molar-refractivity contribution in [1.29, 1.82) is 0 Å². The average molecular weight is 265 g/mol. The molecule has 100 valence electrons. The first kappa shape index (κ1) is 13.3. The molecule has 0 bridgehead atoms. The van der Waals surface area contributed by atoms with E-state index in [1.807, 2.05) is 6.92 Å². The number of nitrogens with zero attached hydrogens (tertiary/aromatic N) is 3. The normalized spacial score (nSPS) is 10.7. The molecule has 0 aliphatic carbocycles. The summed E-state index contributed by atoms with van der Waals surface area (Å²) >= 11 is 0. The van der Waals surface area contributed by atoms with Gasteiger partial charge in [0.1, 0.15) is 17.3 Å². The van der Waals surface area contributed by atoms with E-state index in [0.717, 1.165) is 24.6 Å². The van der Waals surface area contributed by atoms with E-state index in [2.05, 4.69) is 10.3 Å². The van der Waals surface area contributed by atoms with Crippen LogP contribution in [0.15, 0.2) is 24.4 Å². The molecule has 0 N–H and O–H groups in total. The first-order valence-corrected chi connectivity index (χ1v) is 5.97. The minimum atomic E-state index is -0.692. The standard InChI is InChI=1S/C13H13F2N3O/c1-2-3-18-12(8-16-17-18)13(19)6-9-4-10(14)7-11(15)5-9/h4-5,7-8H,2-3,6H2,1H3. The van der Waals surface area contributed by atoms with Gasteiger partial charge >= 0.3 is 0 Å². The molecule has 1 aromatic heterocycles. The van der Waals surface area contributed by atoms with Crippen molar-refractivity contribution >= 4 is 5.78 Å². The van der Waals surface area contributed by atoms with E-state index in [1.54, 1.807) is 0 Å². The molecule has 6 heteroatoms. The molecule has 2 rings (SSSR count). The number of hydrogen-bond donors (Lipinski definition) is 0. The lowest BCUT2D eigenvalue weighted by molar-refractivity contribution is 0.0982. The van der Waals surface area contributed by atoms with Gasteiger partial charge in [-0.2, -0.15) is 0 Å². The Hall–Kier alpha value is -2.11. The minimum absolute atomic E-state index is 0.0776. The van der Waals surface area contributed by atoms with E-state index in [0.29, 0.717) is 17.8 Å². The first-order chi connectivity index (χ1) is 9.10. The lowest BCUT2D eigenvalue weighted by Gasteiger charge is -2.04. The van der Waals surface area contributed by atoms with Crippen molar-refractivity contribution in [3.63, 3.8) is 0 Å². The summed E-state index contributed by atoms with van der Waals surface area (Å²) in [5.74, 6) is -1.64. The van der Waals surface area contributed by atoms with Crippen molar-refractivity contribution in [3.05, 3.63) is 47.3 Å². The Kier molecular flexibility index (Phi) is 3.99. The molecule has 0 atom stereocenters. The van der Waals surface area contributed by atoms with Crippen LogP contribution in [0.5, 0.6) is 0 Å². The van der Waals surface area contributed by atoms with Gasteiger partial charge in [-0.25, -0.2) is 13.5 Å². The molecule has 0 aliphatic heterocycles. The summed E-state index contributed by atoms with van der Waals surface area (Å²) in [6.45, 7) is 2.54. The summed E-state index contributed by atoms with van der Waals surface area (Å²) in [4.78, 5) is 12.0. The molecular weight excluding hydrogens is 252 g/mol. The fourth-order valence-electron chi connectivity index (χ4n) is 1.84. The summed E-state index contributed by atoms with van der Waals surface area (Å²) in [5.41, 5.74) is 0.651. The molecule has 0 spiro atoms. The van der Waals surface area contributed by atoms with Crippen LogP contribution >= 0.6 is 0 Å². The maximum Gasteiger partial charge on any atom is 0.186 e. The largest absolute Gasteiger partial charge is 0.292 e. The van der Waals surface area contributed by atoms with Gasteiger partial charge < -0.3 is 0 Å². The van der Waals surface area contributed by atoms with Gasteiger partial charge in [-0.15, -0.1) is 5.10 Å². The Bertz CT molecular complexity index is 575. The lowest BCUT2D eigenvalue weighted by Crippen LogP contribution is -2.12. The molecule has 0 aliphatic rings. The maximum absolute atomic E-state index is 13.0. The Morgan fingerprint density at radius 1 is 1.26 bits per heavy atom. The highest BCUT2D eigenvalue weighted by molar-refractivity contribution is 5.95. The van der Waals surface area contributed by atoms with Gasteiger partial charge in [0, 0.05) is 19.0 Å². The zero-order valence-corrected chi connectivity index (χ0v) is 10.4. The van der Waals surface area contributed by atoms with Crippen molar-refractivity contribution < 1.29 is 13.6 Å². The third-order valence-electron chi connectivity index (χ3n) is 2.63. The van der Waals surface area contributed by atoms with Gasteiger partial charge in [0.2, 0.25) is 0 Å². The number of ketones is 1. The Morgan fingerprint density at radius 2 is 1.95 bits per heavy atom. The van der Waals surface area contributed by atoms with Gasteiger partial charge in [-0.05, 0) is 24.1 Å². The zero-order valence-electron chi connectivity index (χ0n) is 10.4. The number of aryl methyl sites for hydroxylation is 1. The van der Waals surface area contributed by atoms with E-state index in [4.69, 9.17) is 0 Å². The number of carbonyl (C=O) groups is 1. The molecule has 2 aromatic rings. The molecule has 0 fully saturated rings. The van der Waals surface area contributed by atoms with Crippen LogP contribution in [0.4, 0.5) is 8.78 Å². The van der Waals surface area contributed by atoms with E-state index in [9.17, 15) is 13.6 Å². The van der Waals surface area contributed by atoms with Crippen LogP contribution < -0.4 is 0 Å². The van der Waals surface area contributed by atoms with E-state index in [-0.39, 0.29) is 12.2 Å². The average Bonchev–Trinajstić information content (AvgIpc) is 2.76. The van der Waals surface area contributed by atoms with Gasteiger partial charge in [0.25, 0.3) is 0 Å². The number of carbonyl (C=O) groups excluding carboxylic acids is 1. The van der Waals surface area contributed by atoms with Crippen molar-refractivity contribution in [2.24, 2.45) is 0 Å². The molecule has 0 unspecified atom stereocenters. The number of Topliss-reactive ketones (excluding diaryl/α,β-unsaturated/α-hetero) is 1. The summed E-state index contributed by atoms with van der Waals surface area (Å²) < 4.78 is 27.6. The fourth-order valence-corrected chi connectivity index (χ4v) is 1.84. The summed E-state index contributed by atoms with van der Waals surface area (Å²) in [6.07, 6.45) is 2.11. The molecule has 19 heavy (non-hydrogen) atoms. The molecule has 0 saturated heterocycles. The van der Waals surface area contributed by atoms with E-state index in [1.165, 1.54) is 10.9 Å². The van der Waals surface area contributed by atoms with Crippen molar-refractivity contribution in [2.45, 2.75) is 26.3 Å². The second-order valence-corrected chi connectivity index (χ2v) is 4.22. The molecular formula is C13H13F2N3O. The van der Waals surface area contributed by atoms with Gasteiger partial charge in [-0.3, -0.25) is 4.79 Å². The van der Waals surface area contributed by atoms with Crippen LogP contribution in [0.1, 0.15) is 29.4 Å². The number of aromatic nitrogens is 3. The molecule has 1 aromatic carbocycles. The molecule has 4 nitrogen and oxygen atoms in total. The smallest absolute Gasteiger partial charge is 0.186 e. The number of benzene rings is 1. The van der Waals surface area contributed by atoms with Crippen LogP contribution in [-0.2, 0) is 13.0 Å². The quantitative estimate of drug-likeness (QED) is 0.780. The fraction of sp³-hybridized carbons (Fsp3) is 0.308. The van der Waals surface area contributed by atoms with E-state index >= 15 is 0 Å². The SMILES string of the molecule is CCCn1nncc1C(=O)Cc1cc(F)cc(F)c1. The molecule has 0 radical (unpaired) electrons. The Balaban J connectivity index is 2.18. The van der Waals surface area contributed by atoms with Crippen LogP contribution in [0.3, 0.4) is 0 Å². The van der Waals surface area contributed by atoms with Crippen molar-refractivity contribution in [1.82, 2.24) is 15.0 Å². The number of rotatable bonds is 5. The van der Waals surface area contributed by atoms with Crippen molar-refractivity contribution in [3.8, 4) is 0 Å². The monoisotopic (exact) mass is 265 g/mol. The molecule has 0 saturated carbocycles. The number of halogens is 2. The third kappa shape index (κ3) is 3.21. The Labute approximate surface area is 109 Å². The number of hydrogen-bond acceptors (Lipinski definition) is 3. The zero-order chi connectivity index (χ0) is 13.8. The second kappa shape index (κ2) is 5.69. The van der Waals surface area contributed by atoms with Crippen LogP contribution in [-0.4, -0.2) is 20.8 Å². The van der Waals surface area contributed by atoms with Crippen LogP contribution in [0.25, 0.3) is 0 Å². The van der Waals surface area contributed by atoms with Gasteiger partial charge in [0.15, 0.2) is 5.78 Å². The van der Waals surface area contributed by atoms with Crippen LogP contribution in [0.2, 0.25) is 0 Å². The summed E-state index contributed by atoms with van der Waals surface area (Å²) in [7, 11) is 0. The highest BCUT2D eigenvalue weighted by atomic mass is 19.1. The lowest BCUT2D eigenvalue weighted by atomic mass is 10.1. The van der Waals surface area contributed by atoms with Gasteiger partial charge in [-0.1, -0.05) is 12.1 Å². The van der Waals surface area contributed by atoms with Gasteiger partial charge in [0.05, 0.1) is 6.20 Å². The second-order valence-electron chi connectivity index (χ2n) is 4.22. The predicted molar refractivity (Wildman–Crippen MR) is 64.7 cm³/mol. The maximum atomic E-state index is 13.0. The third-order valence-corrected chi connectivity index (χ3v) is 2.63. The van der Waals surface area contributed by atoms with Crippen molar-refractivity contribution in [2.75, 3.05) is 0 Å². The topological polar surface area (TPSA) is 47.8 Å². The summed E-state index contributed by atoms with van der Waals surface area (Å²) in [5, 5.41) is 7.48. The first-order valence-electron chi connectivity index (χ1n) is 5.97. The predicted octanol–water partition coefficient (Wildman–Crippen LogP) is 2.39. The summed E-state index contributed by atoms with van der Waals surface area (Å²) in [6, 6.07) is 3.07. The van der Waals surface area contributed by atoms with E-state index < -0.39 is 11.6 Å². The minimum Gasteiger partial charge on any atom is -0.292 e. The molecule has 0 amide bonds. The highest BCUT2D eigenvalue weighted by Gasteiger charge is 2.14.